The lowest BCUT2D eigenvalue weighted by Gasteiger charge is -2.12. The second-order valence-corrected chi connectivity index (χ2v) is 9.03. The highest BCUT2D eigenvalue weighted by Crippen LogP contribution is 2.40. The van der Waals surface area contributed by atoms with E-state index in [1.165, 1.54) is 22.3 Å². The van der Waals surface area contributed by atoms with Crippen molar-refractivity contribution in [3.05, 3.63) is 98.6 Å². The van der Waals surface area contributed by atoms with Crippen molar-refractivity contribution in [1.82, 2.24) is 0 Å². The third-order valence-electron chi connectivity index (χ3n) is 5.71. The zero-order chi connectivity index (χ0) is 23.5. The van der Waals surface area contributed by atoms with E-state index in [-0.39, 0.29) is 11.6 Å². The Morgan fingerprint density at radius 3 is 2.62 bits per heavy atom. The average molecular weight is 472 g/mol. The SMILES string of the molecule is O=C(Nc1ccccc1)c1c(N=Cc2ccc(-c3ccccc3[N+](=O)[O-])o2)sc2c1CCCC2. The summed E-state index contributed by atoms with van der Waals surface area (Å²) in [6.45, 7) is 0. The van der Waals surface area contributed by atoms with Crippen LogP contribution in [0.4, 0.5) is 16.4 Å². The number of furan rings is 1. The van der Waals surface area contributed by atoms with E-state index >= 15 is 0 Å². The summed E-state index contributed by atoms with van der Waals surface area (Å²) >= 11 is 1.54. The zero-order valence-corrected chi connectivity index (χ0v) is 19.0. The van der Waals surface area contributed by atoms with Crippen molar-refractivity contribution in [3.63, 3.8) is 0 Å². The number of carbonyl (C=O) groups excluding carboxylic acids is 1. The summed E-state index contributed by atoms with van der Waals surface area (Å²) in [5, 5.41) is 15.0. The van der Waals surface area contributed by atoms with Gasteiger partial charge in [-0.3, -0.25) is 14.9 Å². The van der Waals surface area contributed by atoms with Crippen molar-refractivity contribution in [2.75, 3.05) is 5.32 Å². The number of nitrogens with zero attached hydrogens (tertiary/aromatic N) is 2. The lowest BCUT2D eigenvalue weighted by Crippen LogP contribution is -2.14. The maximum atomic E-state index is 13.2. The highest BCUT2D eigenvalue weighted by molar-refractivity contribution is 7.16. The quantitative estimate of drug-likeness (QED) is 0.190. The van der Waals surface area contributed by atoms with Gasteiger partial charge in [0, 0.05) is 16.6 Å². The monoisotopic (exact) mass is 471 g/mol. The fourth-order valence-electron chi connectivity index (χ4n) is 4.12. The Bertz CT molecular complexity index is 1390. The maximum absolute atomic E-state index is 13.2. The van der Waals surface area contributed by atoms with Crippen molar-refractivity contribution in [1.29, 1.82) is 0 Å². The van der Waals surface area contributed by atoms with Crippen molar-refractivity contribution in [2.45, 2.75) is 25.7 Å². The summed E-state index contributed by atoms with van der Waals surface area (Å²) in [7, 11) is 0. The highest BCUT2D eigenvalue weighted by Gasteiger charge is 2.25. The molecule has 0 aliphatic heterocycles. The average Bonchev–Trinajstić information content (AvgIpc) is 3.48. The molecule has 2 aromatic carbocycles. The Morgan fingerprint density at radius 1 is 1.03 bits per heavy atom. The van der Waals surface area contributed by atoms with Crippen LogP contribution in [0.2, 0.25) is 0 Å². The van der Waals surface area contributed by atoms with E-state index in [2.05, 4.69) is 10.3 Å². The zero-order valence-electron chi connectivity index (χ0n) is 18.2. The van der Waals surface area contributed by atoms with Gasteiger partial charge in [0.25, 0.3) is 11.6 Å². The summed E-state index contributed by atoms with van der Waals surface area (Å²) in [6, 6.07) is 19.2. The van der Waals surface area contributed by atoms with Crippen LogP contribution in [0, 0.1) is 10.1 Å². The van der Waals surface area contributed by atoms with Gasteiger partial charge >= 0.3 is 0 Å². The number of benzene rings is 2. The second-order valence-electron chi connectivity index (χ2n) is 7.95. The van der Waals surface area contributed by atoms with Gasteiger partial charge in [-0.05, 0) is 61.6 Å². The van der Waals surface area contributed by atoms with Crippen LogP contribution in [0.5, 0.6) is 0 Å². The Balaban J connectivity index is 1.45. The van der Waals surface area contributed by atoms with Gasteiger partial charge < -0.3 is 9.73 Å². The third-order valence-corrected chi connectivity index (χ3v) is 6.91. The molecule has 1 N–H and O–H groups in total. The van der Waals surface area contributed by atoms with E-state index in [1.54, 1.807) is 36.5 Å². The second kappa shape index (κ2) is 9.44. The van der Waals surface area contributed by atoms with Crippen LogP contribution >= 0.6 is 11.3 Å². The largest absolute Gasteiger partial charge is 0.455 e. The van der Waals surface area contributed by atoms with Crippen molar-refractivity contribution in [3.8, 4) is 11.3 Å². The first-order valence-corrected chi connectivity index (χ1v) is 11.8. The van der Waals surface area contributed by atoms with E-state index in [4.69, 9.17) is 4.42 Å². The number of aliphatic imine (C=N–C) groups is 1. The van der Waals surface area contributed by atoms with Crippen LogP contribution in [0.3, 0.4) is 0 Å². The molecule has 0 saturated heterocycles. The van der Waals surface area contributed by atoms with Crippen LogP contribution in [0.25, 0.3) is 11.3 Å². The molecule has 2 aromatic heterocycles. The first kappa shape index (κ1) is 21.8. The van der Waals surface area contributed by atoms with E-state index in [9.17, 15) is 14.9 Å². The molecule has 0 fully saturated rings. The maximum Gasteiger partial charge on any atom is 0.280 e. The minimum Gasteiger partial charge on any atom is -0.455 e. The molecule has 1 aliphatic carbocycles. The number of fused-ring (bicyclic) bond motifs is 1. The van der Waals surface area contributed by atoms with E-state index in [1.807, 2.05) is 30.3 Å². The minimum atomic E-state index is -0.431. The number of nitro benzene ring substituents is 1. The number of rotatable bonds is 6. The van der Waals surface area contributed by atoms with Gasteiger partial charge in [-0.2, -0.15) is 0 Å². The number of carbonyl (C=O) groups is 1. The van der Waals surface area contributed by atoms with Gasteiger partial charge in [0.15, 0.2) is 0 Å². The van der Waals surface area contributed by atoms with Crippen LogP contribution in [-0.2, 0) is 12.8 Å². The number of nitrogens with one attached hydrogen (secondary N) is 1. The summed E-state index contributed by atoms with van der Waals surface area (Å²) < 4.78 is 5.83. The predicted octanol–water partition coefficient (Wildman–Crippen LogP) is 6.80. The Labute approximate surface area is 199 Å². The van der Waals surface area contributed by atoms with Gasteiger partial charge in [-0.15, -0.1) is 11.3 Å². The van der Waals surface area contributed by atoms with Gasteiger partial charge in [0.05, 0.1) is 22.3 Å². The van der Waals surface area contributed by atoms with E-state index < -0.39 is 4.92 Å². The molecule has 34 heavy (non-hydrogen) atoms. The highest BCUT2D eigenvalue weighted by atomic mass is 32.1. The smallest absolute Gasteiger partial charge is 0.280 e. The van der Waals surface area contributed by atoms with Gasteiger partial charge in [0.2, 0.25) is 0 Å². The predicted molar refractivity (Wildman–Crippen MR) is 133 cm³/mol. The Hall–Kier alpha value is -4.04. The van der Waals surface area contributed by atoms with Crippen molar-refractivity contribution < 1.29 is 14.1 Å². The van der Waals surface area contributed by atoms with Crippen LogP contribution in [0.15, 0.2) is 76.1 Å². The summed E-state index contributed by atoms with van der Waals surface area (Å²) in [4.78, 5) is 29.9. The molecule has 7 nitrogen and oxygen atoms in total. The fourth-order valence-corrected chi connectivity index (χ4v) is 5.35. The van der Waals surface area contributed by atoms with Gasteiger partial charge in [-0.1, -0.05) is 30.3 Å². The van der Waals surface area contributed by atoms with Crippen LogP contribution < -0.4 is 5.32 Å². The number of hydrogen-bond acceptors (Lipinski definition) is 6. The number of thiophene rings is 1. The molecule has 170 valence electrons. The molecule has 0 bridgehead atoms. The van der Waals surface area contributed by atoms with Crippen molar-refractivity contribution >= 4 is 39.8 Å². The first-order chi connectivity index (χ1) is 16.6. The molecule has 0 saturated carbocycles. The lowest BCUT2D eigenvalue weighted by atomic mass is 9.95. The molecule has 2 heterocycles. The van der Waals surface area contributed by atoms with Gasteiger partial charge in [-0.25, -0.2) is 4.99 Å². The summed E-state index contributed by atoms with van der Waals surface area (Å²) in [5.41, 5.74) is 2.81. The first-order valence-electron chi connectivity index (χ1n) is 11.0. The minimum absolute atomic E-state index is 0.0221. The standard InChI is InChI=1S/C26H21N3O4S/c30-25(28-17-8-2-1-3-9-17)24-20-11-5-7-13-23(20)34-26(24)27-16-18-14-15-22(33-18)19-10-4-6-12-21(19)29(31)32/h1-4,6,8-10,12,14-16H,5,7,11,13H2,(H,28,30). The fraction of sp³-hybridized carbons (Fsp3) is 0.154. The molecule has 0 radical (unpaired) electrons. The number of nitro groups is 1. The van der Waals surface area contributed by atoms with E-state index in [0.29, 0.717) is 27.6 Å². The number of anilines is 1. The van der Waals surface area contributed by atoms with Gasteiger partial charge in [0.1, 0.15) is 16.5 Å². The Kier molecular flexibility index (Phi) is 6.05. The summed E-state index contributed by atoms with van der Waals surface area (Å²) in [5.74, 6) is 0.674. The normalized spacial score (nSPS) is 13.1. The lowest BCUT2D eigenvalue weighted by molar-refractivity contribution is -0.384. The van der Waals surface area contributed by atoms with Crippen LogP contribution in [-0.4, -0.2) is 17.0 Å². The molecular weight excluding hydrogens is 450 g/mol. The molecular formula is C26H21N3O4S. The number of para-hydroxylation sites is 2. The molecule has 8 heteroatoms. The van der Waals surface area contributed by atoms with E-state index in [0.717, 1.165) is 36.9 Å². The van der Waals surface area contributed by atoms with Crippen LogP contribution in [0.1, 0.15) is 39.4 Å². The van der Waals surface area contributed by atoms with Crippen molar-refractivity contribution in [2.24, 2.45) is 4.99 Å². The molecule has 4 aromatic rings. The number of aryl methyl sites for hydroxylation is 1. The number of amides is 1. The molecule has 0 atom stereocenters. The topological polar surface area (TPSA) is 97.7 Å². The summed E-state index contributed by atoms with van der Waals surface area (Å²) in [6.07, 6.45) is 5.53. The third kappa shape index (κ3) is 4.40. The molecule has 0 unspecified atom stereocenters. The molecule has 1 amide bonds. The molecule has 1 aliphatic rings. The molecule has 5 rings (SSSR count). The molecule has 0 spiro atoms. The number of hydrogen-bond donors (Lipinski definition) is 1. The Morgan fingerprint density at radius 2 is 1.79 bits per heavy atom.